The van der Waals surface area contributed by atoms with E-state index in [-0.39, 0.29) is 0 Å². The Balaban J connectivity index is 1.71. The molecule has 144 valence electrons. The van der Waals surface area contributed by atoms with Gasteiger partial charge in [0.25, 0.3) is 5.91 Å². The Kier molecular flexibility index (Phi) is 6.23. The lowest BCUT2D eigenvalue weighted by molar-refractivity contribution is 0.0954. The average molecular weight is 419 g/mol. The average Bonchev–Trinajstić information content (AvgIpc) is 3.18. The highest BCUT2D eigenvalue weighted by molar-refractivity contribution is 6.43. The van der Waals surface area contributed by atoms with Crippen LogP contribution in [0.4, 0.5) is 0 Å². The fraction of sp³-hybridized carbons (Fsp3) is 0.100. The van der Waals surface area contributed by atoms with Crippen LogP contribution in [-0.2, 0) is 0 Å². The van der Waals surface area contributed by atoms with E-state index in [2.05, 4.69) is 10.5 Å². The number of rotatable bonds is 6. The number of carbonyl (C=O) groups excluding carboxylic acids is 1. The summed E-state index contributed by atoms with van der Waals surface area (Å²) < 4.78 is 16.0. The quantitative estimate of drug-likeness (QED) is 0.449. The lowest BCUT2D eigenvalue weighted by atomic mass is 10.2. The summed E-state index contributed by atoms with van der Waals surface area (Å²) in [6.07, 6.45) is 1.39. The van der Waals surface area contributed by atoms with E-state index in [0.29, 0.717) is 44.2 Å². The highest BCUT2D eigenvalue weighted by Gasteiger charge is 2.11. The maximum absolute atomic E-state index is 12.3. The van der Waals surface area contributed by atoms with Gasteiger partial charge in [-0.25, -0.2) is 5.43 Å². The molecule has 8 heteroatoms. The fourth-order valence-electron chi connectivity index (χ4n) is 2.42. The first-order chi connectivity index (χ1) is 13.5. The maximum atomic E-state index is 12.3. The molecule has 0 radical (unpaired) electrons. The molecular weight excluding hydrogens is 403 g/mol. The summed E-state index contributed by atoms with van der Waals surface area (Å²) >= 11 is 12.2. The second-order valence-electron chi connectivity index (χ2n) is 5.60. The molecule has 1 heterocycles. The van der Waals surface area contributed by atoms with E-state index in [1.165, 1.54) is 20.4 Å². The lowest BCUT2D eigenvalue weighted by Crippen LogP contribution is -2.17. The molecule has 0 bridgehead atoms. The summed E-state index contributed by atoms with van der Waals surface area (Å²) in [5.74, 6) is 1.57. The molecule has 0 unspecified atom stereocenters. The molecule has 0 spiro atoms. The SMILES string of the molecule is COc1cc(OC)cc(C(=O)NN=Cc2ccc(-c3cccc(Cl)c3Cl)o2)c1. The smallest absolute Gasteiger partial charge is 0.271 e. The van der Waals surface area contributed by atoms with Crippen LogP contribution in [0.15, 0.2) is 58.0 Å². The predicted molar refractivity (Wildman–Crippen MR) is 109 cm³/mol. The van der Waals surface area contributed by atoms with Crippen molar-refractivity contribution >= 4 is 35.3 Å². The summed E-state index contributed by atoms with van der Waals surface area (Å²) in [5.41, 5.74) is 3.45. The molecule has 3 rings (SSSR count). The maximum Gasteiger partial charge on any atom is 0.271 e. The van der Waals surface area contributed by atoms with Crippen molar-refractivity contribution in [1.82, 2.24) is 5.43 Å². The number of hydrogen-bond acceptors (Lipinski definition) is 5. The number of amides is 1. The number of carbonyl (C=O) groups is 1. The molecule has 28 heavy (non-hydrogen) atoms. The number of furan rings is 1. The van der Waals surface area contributed by atoms with Crippen LogP contribution >= 0.6 is 23.2 Å². The van der Waals surface area contributed by atoms with Crippen LogP contribution in [0.5, 0.6) is 11.5 Å². The zero-order chi connectivity index (χ0) is 20.1. The van der Waals surface area contributed by atoms with Crippen molar-refractivity contribution in [2.75, 3.05) is 14.2 Å². The highest BCUT2D eigenvalue weighted by atomic mass is 35.5. The van der Waals surface area contributed by atoms with Crippen molar-refractivity contribution in [2.45, 2.75) is 0 Å². The minimum absolute atomic E-state index is 0.346. The molecule has 6 nitrogen and oxygen atoms in total. The molecule has 0 aliphatic heterocycles. The van der Waals surface area contributed by atoms with Crippen molar-refractivity contribution in [3.63, 3.8) is 0 Å². The highest BCUT2D eigenvalue weighted by Crippen LogP contribution is 2.34. The fourth-order valence-corrected chi connectivity index (χ4v) is 2.81. The largest absolute Gasteiger partial charge is 0.497 e. The van der Waals surface area contributed by atoms with Gasteiger partial charge in [-0.3, -0.25) is 4.79 Å². The van der Waals surface area contributed by atoms with Crippen LogP contribution < -0.4 is 14.9 Å². The minimum Gasteiger partial charge on any atom is -0.497 e. The summed E-state index contributed by atoms with van der Waals surface area (Å²) in [7, 11) is 3.02. The Morgan fingerprint density at radius 3 is 2.46 bits per heavy atom. The van der Waals surface area contributed by atoms with Gasteiger partial charge in [-0.1, -0.05) is 29.3 Å². The molecule has 1 N–H and O–H groups in total. The third-order valence-corrected chi connectivity index (χ3v) is 4.63. The molecule has 0 aliphatic rings. The Morgan fingerprint density at radius 2 is 1.79 bits per heavy atom. The van der Waals surface area contributed by atoms with Gasteiger partial charge in [-0.15, -0.1) is 0 Å². The van der Waals surface area contributed by atoms with Crippen molar-refractivity contribution in [3.05, 3.63) is 69.9 Å². The van der Waals surface area contributed by atoms with Gasteiger partial charge >= 0.3 is 0 Å². The number of methoxy groups -OCH3 is 2. The molecule has 0 fully saturated rings. The van der Waals surface area contributed by atoms with Gasteiger partial charge in [0.15, 0.2) is 0 Å². The van der Waals surface area contributed by atoms with Gasteiger partial charge < -0.3 is 13.9 Å². The second-order valence-corrected chi connectivity index (χ2v) is 6.39. The third-order valence-electron chi connectivity index (χ3n) is 3.82. The van der Waals surface area contributed by atoms with Crippen LogP contribution in [0.25, 0.3) is 11.3 Å². The standard InChI is InChI=1S/C20H16Cl2N2O4/c1-26-14-8-12(9-15(10-14)27-2)20(25)24-23-11-13-6-7-18(28-13)16-4-3-5-17(21)19(16)22/h3-11H,1-2H3,(H,24,25). The third kappa shape index (κ3) is 4.47. The molecule has 3 aromatic rings. The van der Waals surface area contributed by atoms with Gasteiger partial charge in [-0.2, -0.15) is 5.10 Å². The van der Waals surface area contributed by atoms with Crippen LogP contribution in [0.1, 0.15) is 16.1 Å². The zero-order valence-electron chi connectivity index (χ0n) is 15.0. The van der Waals surface area contributed by atoms with Crippen LogP contribution in [-0.4, -0.2) is 26.3 Å². The molecule has 0 saturated carbocycles. The predicted octanol–water partition coefficient (Wildman–Crippen LogP) is 5.03. The van der Waals surface area contributed by atoms with Crippen molar-refractivity contribution < 1.29 is 18.7 Å². The van der Waals surface area contributed by atoms with E-state index < -0.39 is 5.91 Å². The molecule has 1 amide bonds. The van der Waals surface area contributed by atoms with Crippen LogP contribution in [0.2, 0.25) is 10.0 Å². The van der Waals surface area contributed by atoms with Gasteiger partial charge in [0.2, 0.25) is 0 Å². The molecule has 0 atom stereocenters. The van der Waals surface area contributed by atoms with E-state index >= 15 is 0 Å². The lowest BCUT2D eigenvalue weighted by Gasteiger charge is -2.07. The van der Waals surface area contributed by atoms with Crippen molar-refractivity contribution in [1.29, 1.82) is 0 Å². The number of halogens is 2. The van der Waals surface area contributed by atoms with E-state index in [1.807, 2.05) is 0 Å². The molecular formula is C20H16Cl2N2O4. The molecule has 0 aliphatic carbocycles. The van der Waals surface area contributed by atoms with E-state index in [1.54, 1.807) is 48.5 Å². The normalized spacial score (nSPS) is 10.9. The van der Waals surface area contributed by atoms with Crippen molar-refractivity contribution in [3.8, 4) is 22.8 Å². The Hall–Kier alpha value is -2.96. The topological polar surface area (TPSA) is 73.1 Å². The number of nitrogens with one attached hydrogen (secondary N) is 1. The minimum atomic E-state index is -0.418. The number of hydrazone groups is 1. The Morgan fingerprint density at radius 1 is 1.07 bits per heavy atom. The second kappa shape index (κ2) is 8.82. The summed E-state index contributed by atoms with van der Waals surface area (Å²) in [5, 5.41) is 4.76. The Labute approximate surface area is 171 Å². The van der Waals surface area contributed by atoms with E-state index in [4.69, 9.17) is 37.1 Å². The monoisotopic (exact) mass is 418 g/mol. The summed E-state index contributed by atoms with van der Waals surface area (Å²) in [4.78, 5) is 12.3. The molecule has 0 saturated heterocycles. The van der Waals surface area contributed by atoms with Gasteiger partial charge in [0.1, 0.15) is 23.0 Å². The number of benzene rings is 2. The first-order valence-corrected chi connectivity index (χ1v) is 8.88. The Bertz CT molecular complexity index is 1010. The van der Waals surface area contributed by atoms with Crippen molar-refractivity contribution in [2.24, 2.45) is 5.10 Å². The molecule has 2 aromatic carbocycles. The van der Waals surface area contributed by atoms with E-state index in [9.17, 15) is 4.79 Å². The number of nitrogens with zero attached hydrogens (tertiary/aromatic N) is 1. The van der Waals surface area contributed by atoms with Crippen LogP contribution in [0, 0.1) is 0 Å². The summed E-state index contributed by atoms with van der Waals surface area (Å²) in [6.45, 7) is 0. The first kappa shape index (κ1) is 19.8. The van der Waals surface area contributed by atoms with E-state index in [0.717, 1.165) is 0 Å². The first-order valence-electron chi connectivity index (χ1n) is 8.12. The van der Waals surface area contributed by atoms with Crippen LogP contribution in [0.3, 0.4) is 0 Å². The zero-order valence-corrected chi connectivity index (χ0v) is 16.5. The number of hydrogen-bond donors (Lipinski definition) is 1. The molecule has 1 aromatic heterocycles. The van der Waals surface area contributed by atoms with Gasteiger partial charge in [0, 0.05) is 17.2 Å². The van der Waals surface area contributed by atoms with Gasteiger partial charge in [0.05, 0.1) is 30.5 Å². The number of ether oxygens (including phenoxy) is 2. The summed E-state index contributed by atoms with van der Waals surface area (Å²) in [6, 6.07) is 13.6. The van der Waals surface area contributed by atoms with Gasteiger partial charge in [-0.05, 0) is 36.4 Å².